The second-order valence-electron chi connectivity index (χ2n) is 7.98. The van der Waals surface area contributed by atoms with Crippen molar-refractivity contribution in [2.45, 2.75) is 25.4 Å². The monoisotopic (exact) mass is 418 g/mol. The Morgan fingerprint density at radius 1 is 1.03 bits per heavy atom. The molecule has 0 aromatic heterocycles. The van der Waals surface area contributed by atoms with E-state index in [9.17, 15) is 4.79 Å². The van der Waals surface area contributed by atoms with Crippen molar-refractivity contribution < 1.29 is 9.53 Å². The van der Waals surface area contributed by atoms with E-state index in [2.05, 4.69) is 29.6 Å². The van der Waals surface area contributed by atoms with Crippen molar-refractivity contribution in [3.63, 3.8) is 0 Å². The van der Waals surface area contributed by atoms with Gasteiger partial charge in [-0.3, -0.25) is 4.90 Å². The Labute approximate surface area is 181 Å². The highest BCUT2D eigenvalue weighted by atomic mass is 35.5. The molecule has 1 aliphatic carbocycles. The molecule has 1 aliphatic heterocycles. The van der Waals surface area contributed by atoms with Crippen molar-refractivity contribution >= 4 is 23.3 Å². The number of fused-ring (bicyclic) bond motifs is 1. The van der Waals surface area contributed by atoms with Gasteiger partial charge in [-0.25, -0.2) is 4.79 Å². The summed E-state index contributed by atoms with van der Waals surface area (Å²) in [5, 5.41) is 3.97. The second kappa shape index (κ2) is 7.69. The lowest BCUT2D eigenvalue weighted by atomic mass is 9.93. The predicted molar refractivity (Wildman–Crippen MR) is 120 cm³/mol. The van der Waals surface area contributed by atoms with Crippen LogP contribution in [0.5, 0.6) is 5.75 Å². The fraction of sp³-hybridized carbons (Fsp3) is 0.240. The van der Waals surface area contributed by atoms with E-state index in [4.69, 9.17) is 16.3 Å². The number of hydrogen-bond donors (Lipinski definition) is 1. The molecule has 2 aliphatic rings. The van der Waals surface area contributed by atoms with E-state index in [0.717, 1.165) is 46.0 Å². The van der Waals surface area contributed by atoms with Crippen LogP contribution < -0.4 is 15.0 Å². The molecule has 1 heterocycles. The highest BCUT2D eigenvalue weighted by molar-refractivity contribution is 6.30. The standard InChI is InChI=1S/C25H23ClN2O2/c1-30-21-10-5-16(6-11-21)15-28-23-12-9-19(18-3-2-4-20(26)13-18)14-22(23)24(17-7-8-17)27-25(28)29/h2-6,9-14,17,24H,7-8,15H2,1H3,(H,27,29). The summed E-state index contributed by atoms with van der Waals surface area (Å²) in [6, 6.07) is 22.1. The molecule has 0 bridgehead atoms. The van der Waals surface area contributed by atoms with Gasteiger partial charge < -0.3 is 10.1 Å². The lowest BCUT2D eigenvalue weighted by molar-refractivity contribution is 0.238. The third-order valence-corrected chi connectivity index (χ3v) is 6.16. The minimum absolute atomic E-state index is 0.0364. The maximum atomic E-state index is 13.0. The number of benzene rings is 3. The summed E-state index contributed by atoms with van der Waals surface area (Å²) in [5.41, 5.74) is 5.42. The third kappa shape index (κ3) is 3.63. The fourth-order valence-corrected chi connectivity index (χ4v) is 4.36. The molecule has 1 fully saturated rings. The average molecular weight is 419 g/mol. The van der Waals surface area contributed by atoms with Crippen LogP contribution in [0, 0.1) is 5.92 Å². The van der Waals surface area contributed by atoms with Gasteiger partial charge >= 0.3 is 6.03 Å². The number of ether oxygens (including phenoxy) is 1. The summed E-state index contributed by atoms with van der Waals surface area (Å²) in [6.07, 6.45) is 2.31. The summed E-state index contributed by atoms with van der Waals surface area (Å²) < 4.78 is 5.25. The molecule has 5 heteroatoms. The number of nitrogens with zero attached hydrogens (tertiary/aromatic N) is 1. The number of rotatable bonds is 5. The normalized spacial score (nSPS) is 18.0. The van der Waals surface area contributed by atoms with Crippen LogP contribution in [-0.4, -0.2) is 13.1 Å². The first-order chi connectivity index (χ1) is 14.6. The highest BCUT2D eigenvalue weighted by Crippen LogP contribution is 2.47. The number of nitrogens with one attached hydrogen (secondary N) is 1. The average Bonchev–Trinajstić information content (AvgIpc) is 3.61. The lowest BCUT2D eigenvalue weighted by Gasteiger charge is -2.36. The highest BCUT2D eigenvalue weighted by Gasteiger charge is 2.40. The smallest absolute Gasteiger partial charge is 0.322 e. The minimum Gasteiger partial charge on any atom is -0.497 e. The van der Waals surface area contributed by atoms with Crippen LogP contribution in [0.15, 0.2) is 66.7 Å². The van der Waals surface area contributed by atoms with Gasteiger partial charge in [0.2, 0.25) is 0 Å². The van der Waals surface area contributed by atoms with Gasteiger partial charge in [0.1, 0.15) is 5.75 Å². The maximum Gasteiger partial charge on any atom is 0.322 e. The van der Waals surface area contributed by atoms with Gasteiger partial charge in [-0.1, -0.05) is 41.9 Å². The molecule has 152 valence electrons. The summed E-state index contributed by atoms with van der Waals surface area (Å²) in [7, 11) is 1.65. The number of carbonyl (C=O) groups is 1. The molecule has 0 radical (unpaired) electrons. The van der Waals surface area contributed by atoms with Crippen molar-refractivity contribution in [2.75, 3.05) is 12.0 Å². The van der Waals surface area contributed by atoms with Crippen LogP contribution in [0.1, 0.15) is 30.0 Å². The topological polar surface area (TPSA) is 41.6 Å². The number of methoxy groups -OCH3 is 1. The largest absolute Gasteiger partial charge is 0.497 e. The summed E-state index contributed by atoms with van der Waals surface area (Å²) in [6.45, 7) is 0.511. The first kappa shape index (κ1) is 19.0. The van der Waals surface area contributed by atoms with E-state index < -0.39 is 0 Å². The summed E-state index contributed by atoms with van der Waals surface area (Å²) >= 11 is 6.21. The Morgan fingerprint density at radius 2 is 1.80 bits per heavy atom. The van der Waals surface area contributed by atoms with E-state index in [1.54, 1.807) is 7.11 Å². The molecular weight excluding hydrogens is 396 g/mol. The Bertz CT molecular complexity index is 1090. The molecule has 30 heavy (non-hydrogen) atoms. The van der Waals surface area contributed by atoms with Gasteiger partial charge in [0, 0.05) is 5.02 Å². The summed E-state index contributed by atoms with van der Waals surface area (Å²) in [4.78, 5) is 14.8. The first-order valence-corrected chi connectivity index (χ1v) is 10.6. The number of carbonyl (C=O) groups excluding carboxylic acids is 1. The molecule has 0 saturated heterocycles. The zero-order valence-corrected chi connectivity index (χ0v) is 17.5. The number of halogens is 1. The van der Waals surface area contributed by atoms with Crippen molar-refractivity contribution in [3.05, 3.63) is 82.9 Å². The van der Waals surface area contributed by atoms with Crippen molar-refractivity contribution in [1.82, 2.24) is 5.32 Å². The number of hydrogen-bond acceptors (Lipinski definition) is 2. The van der Waals surface area contributed by atoms with Crippen molar-refractivity contribution in [1.29, 1.82) is 0 Å². The minimum atomic E-state index is -0.0364. The van der Waals surface area contributed by atoms with Gasteiger partial charge in [0.25, 0.3) is 0 Å². The molecular formula is C25H23ClN2O2. The van der Waals surface area contributed by atoms with Crippen LogP contribution in [-0.2, 0) is 6.54 Å². The molecule has 3 aromatic carbocycles. The Morgan fingerprint density at radius 3 is 2.50 bits per heavy atom. The molecule has 0 spiro atoms. The molecule has 1 N–H and O–H groups in total. The fourth-order valence-electron chi connectivity index (χ4n) is 4.17. The Kier molecular flexibility index (Phi) is 4.87. The zero-order valence-electron chi connectivity index (χ0n) is 16.8. The lowest BCUT2D eigenvalue weighted by Crippen LogP contribution is -2.46. The van der Waals surface area contributed by atoms with Crippen molar-refractivity contribution in [3.8, 4) is 16.9 Å². The second-order valence-corrected chi connectivity index (χ2v) is 8.42. The molecule has 5 rings (SSSR count). The van der Waals surface area contributed by atoms with E-state index >= 15 is 0 Å². The Balaban J connectivity index is 1.52. The number of amides is 2. The van der Waals surface area contributed by atoms with Crippen LogP contribution >= 0.6 is 11.6 Å². The van der Waals surface area contributed by atoms with Crippen molar-refractivity contribution in [2.24, 2.45) is 5.92 Å². The summed E-state index contributed by atoms with van der Waals surface area (Å²) in [5.74, 6) is 1.33. The molecule has 4 nitrogen and oxygen atoms in total. The molecule has 1 saturated carbocycles. The molecule has 2 amide bonds. The SMILES string of the molecule is COc1ccc(CN2C(=O)NC(C3CC3)c3cc(-c4cccc(Cl)c4)ccc32)cc1. The van der Waals surface area contributed by atoms with Crippen LogP contribution in [0.4, 0.5) is 10.5 Å². The van der Waals surface area contributed by atoms with Crippen LogP contribution in [0.2, 0.25) is 5.02 Å². The zero-order chi connectivity index (χ0) is 20.7. The maximum absolute atomic E-state index is 13.0. The van der Waals surface area contributed by atoms with E-state index in [1.165, 1.54) is 5.56 Å². The van der Waals surface area contributed by atoms with E-state index in [-0.39, 0.29) is 12.1 Å². The van der Waals surface area contributed by atoms with Crippen LogP contribution in [0.25, 0.3) is 11.1 Å². The third-order valence-electron chi connectivity index (χ3n) is 5.93. The van der Waals surface area contributed by atoms with E-state index in [0.29, 0.717) is 12.5 Å². The number of anilines is 1. The van der Waals surface area contributed by atoms with Gasteiger partial charge in [-0.05, 0) is 77.4 Å². The predicted octanol–water partition coefficient (Wildman–Crippen LogP) is 6.20. The van der Waals surface area contributed by atoms with Crippen LogP contribution in [0.3, 0.4) is 0 Å². The van der Waals surface area contributed by atoms with Gasteiger partial charge in [-0.2, -0.15) is 0 Å². The molecule has 3 aromatic rings. The molecule has 1 atom stereocenters. The van der Waals surface area contributed by atoms with Gasteiger partial charge in [-0.15, -0.1) is 0 Å². The Hall–Kier alpha value is -2.98. The molecule has 1 unspecified atom stereocenters. The van der Waals surface area contributed by atoms with Gasteiger partial charge in [0.15, 0.2) is 0 Å². The van der Waals surface area contributed by atoms with Gasteiger partial charge in [0.05, 0.1) is 25.4 Å². The quantitative estimate of drug-likeness (QED) is 0.536. The van der Waals surface area contributed by atoms with E-state index in [1.807, 2.05) is 47.4 Å². The number of urea groups is 1. The first-order valence-electron chi connectivity index (χ1n) is 10.2.